The summed E-state index contributed by atoms with van der Waals surface area (Å²) in [6, 6.07) is 12.4. The lowest BCUT2D eigenvalue weighted by molar-refractivity contribution is -0.137. The highest BCUT2D eigenvalue weighted by Crippen LogP contribution is 2.34. The normalized spacial score (nSPS) is 11.1. The predicted molar refractivity (Wildman–Crippen MR) is 98.6 cm³/mol. The molecule has 2 aromatic rings. The van der Waals surface area contributed by atoms with Crippen molar-refractivity contribution in [2.24, 2.45) is 0 Å². The van der Waals surface area contributed by atoms with E-state index in [0.717, 1.165) is 24.8 Å². The minimum atomic E-state index is -4.47. The van der Waals surface area contributed by atoms with Gasteiger partial charge in [0, 0.05) is 30.2 Å². The van der Waals surface area contributed by atoms with E-state index in [1.807, 2.05) is 12.1 Å². The van der Waals surface area contributed by atoms with Crippen molar-refractivity contribution in [3.05, 3.63) is 54.1 Å². The van der Waals surface area contributed by atoms with Crippen molar-refractivity contribution in [3.63, 3.8) is 0 Å². The molecule has 0 bridgehead atoms. The lowest BCUT2D eigenvalue weighted by Gasteiger charge is -2.21. The third kappa shape index (κ3) is 5.15. The number of amides is 1. The Morgan fingerprint density at radius 1 is 1.00 bits per heavy atom. The van der Waals surface area contributed by atoms with E-state index in [0.29, 0.717) is 5.69 Å². The first-order valence-corrected chi connectivity index (χ1v) is 8.40. The minimum absolute atomic E-state index is 0.118. The van der Waals surface area contributed by atoms with Crippen molar-refractivity contribution >= 4 is 23.0 Å². The van der Waals surface area contributed by atoms with Gasteiger partial charge < -0.3 is 15.5 Å². The second kappa shape index (κ2) is 8.60. The standard InChI is InChI=1S/C19H22F3N3O/c1-3-25(4-2)15-11-9-14(10-12-15)24-18(26)13-23-17-8-6-5-7-16(17)19(20,21)22/h5-12,23H,3-4,13H2,1-2H3,(H,24,26). The lowest BCUT2D eigenvalue weighted by atomic mass is 10.1. The first kappa shape index (κ1) is 19.6. The second-order valence-electron chi connectivity index (χ2n) is 5.66. The van der Waals surface area contributed by atoms with Crippen LogP contribution in [0.3, 0.4) is 0 Å². The molecule has 0 spiro atoms. The Morgan fingerprint density at radius 2 is 1.62 bits per heavy atom. The molecular weight excluding hydrogens is 343 g/mol. The highest BCUT2D eigenvalue weighted by atomic mass is 19.4. The molecule has 0 aliphatic heterocycles. The fraction of sp³-hybridized carbons (Fsp3) is 0.316. The Kier molecular flexibility index (Phi) is 6.49. The van der Waals surface area contributed by atoms with Gasteiger partial charge in [-0.15, -0.1) is 0 Å². The molecule has 0 aliphatic rings. The van der Waals surface area contributed by atoms with E-state index >= 15 is 0 Å². The number of rotatable bonds is 7. The third-order valence-corrected chi connectivity index (χ3v) is 3.95. The van der Waals surface area contributed by atoms with Gasteiger partial charge in [-0.05, 0) is 50.2 Å². The number of hydrogen-bond donors (Lipinski definition) is 2. The number of para-hydroxylation sites is 1. The average molecular weight is 365 g/mol. The van der Waals surface area contributed by atoms with Crippen LogP contribution in [0.2, 0.25) is 0 Å². The van der Waals surface area contributed by atoms with Crippen molar-refractivity contribution in [1.82, 2.24) is 0 Å². The summed E-state index contributed by atoms with van der Waals surface area (Å²) in [5, 5.41) is 5.22. The van der Waals surface area contributed by atoms with Gasteiger partial charge in [-0.25, -0.2) is 0 Å². The molecule has 0 saturated carbocycles. The van der Waals surface area contributed by atoms with Crippen molar-refractivity contribution in [2.45, 2.75) is 20.0 Å². The first-order valence-electron chi connectivity index (χ1n) is 8.40. The summed E-state index contributed by atoms with van der Waals surface area (Å²) >= 11 is 0. The van der Waals surface area contributed by atoms with Crippen LogP contribution in [0, 0.1) is 0 Å². The zero-order valence-corrected chi connectivity index (χ0v) is 14.7. The molecule has 0 aromatic heterocycles. The highest BCUT2D eigenvalue weighted by Gasteiger charge is 2.33. The number of nitrogens with one attached hydrogen (secondary N) is 2. The van der Waals surface area contributed by atoms with Gasteiger partial charge in [0.15, 0.2) is 0 Å². The zero-order valence-electron chi connectivity index (χ0n) is 14.7. The third-order valence-electron chi connectivity index (χ3n) is 3.95. The molecule has 2 aromatic carbocycles. The van der Waals surface area contributed by atoms with E-state index in [9.17, 15) is 18.0 Å². The summed E-state index contributed by atoms with van der Waals surface area (Å²) in [6.45, 7) is 5.62. The van der Waals surface area contributed by atoms with Crippen LogP contribution in [0.5, 0.6) is 0 Å². The minimum Gasteiger partial charge on any atom is -0.376 e. The summed E-state index contributed by atoms with van der Waals surface area (Å²) in [6.07, 6.45) is -4.47. The van der Waals surface area contributed by atoms with Gasteiger partial charge >= 0.3 is 6.18 Å². The fourth-order valence-corrected chi connectivity index (χ4v) is 2.61. The molecule has 140 valence electrons. The maximum Gasteiger partial charge on any atom is 0.418 e. The summed E-state index contributed by atoms with van der Waals surface area (Å²) in [5.41, 5.74) is 0.727. The molecule has 0 atom stereocenters. The van der Waals surface area contributed by atoms with E-state index in [2.05, 4.69) is 29.4 Å². The summed E-state index contributed by atoms with van der Waals surface area (Å²) < 4.78 is 38.8. The number of nitrogens with zero attached hydrogens (tertiary/aromatic N) is 1. The molecule has 0 aliphatic carbocycles. The molecule has 0 saturated heterocycles. The molecule has 7 heteroatoms. The zero-order chi connectivity index (χ0) is 19.2. The smallest absolute Gasteiger partial charge is 0.376 e. The monoisotopic (exact) mass is 365 g/mol. The number of carbonyl (C=O) groups excluding carboxylic acids is 1. The summed E-state index contributed by atoms with van der Waals surface area (Å²) in [5.74, 6) is -0.419. The van der Waals surface area contributed by atoms with Crippen LogP contribution in [0.15, 0.2) is 48.5 Å². The molecule has 0 radical (unpaired) electrons. The van der Waals surface area contributed by atoms with E-state index in [4.69, 9.17) is 0 Å². The van der Waals surface area contributed by atoms with Gasteiger partial charge in [0.05, 0.1) is 12.1 Å². The van der Waals surface area contributed by atoms with E-state index in [1.54, 1.807) is 12.1 Å². The lowest BCUT2D eigenvalue weighted by Crippen LogP contribution is -2.23. The Labute approximate surface area is 151 Å². The molecule has 26 heavy (non-hydrogen) atoms. The largest absolute Gasteiger partial charge is 0.418 e. The van der Waals surface area contributed by atoms with E-state index < -0.39 is 17.6 Å². The molecular formula is C19H22F3N3O. The van der Waals surface area contributed by atoms with Crippen LogP contribution in [-0.4, -0.2) is 25.5 Å². The Balaban J connectivity index is 1.96. The molecule has 4 nitrogen and oxygen atoms in total. The SMILES string of the molecule is CCN(CC)c1ccc(NC(=O)CNc2ccccc2C(F)(F)F)cc1. The van der Waals surface area contributed by atoms with Crippen LogP contribution in [0.4, 0.5) is 30.2 Å². The Hall–Kier alpha value is -2.70. The Bertz CT molecular complexity index is 726. The van der Waals surface area contributed by atoms with E-state index in [1.165, 1.54) is 18.2 Å². The van der Waals surface area contributed by atoms with Gasteiger partial charge in [0.2, 0.25) is 5.91 Å². The maximum atomic E-state index is 12.9. The van der Waals surface area contributed by atoms with Crippen molar-refractivity contribution in [1.29, 1.82) is 0 Å². The van der Waals surface area contributed by atoms with Gasteiger partial charge in [-0.2, -0.15) is 13.2 Å². The van der Waals surface area contributed by atoms with Crippen molar-refractivity contribution in [3.8, 4) is 0 Å². The number of benzene rings is 2. The number of anilines is 3. The molecule has 0 unspecified atom stereocenters. The molecule has 0 fully saturated rings. The van der Waals surface area contributed by atoms with Crippen LogP contribution in [-0.2, 0) is 11.0 Å². The van der Waals surface area contributed by atoms with Crippen molar-refractivity contribution < 1.29 is 18.0 Å². The second-order valence-corrected chi connectivity index (χ2v) is 5.66. The number of alkyl halides is 3. The van der Waals surface area contributed by atoms with Crippen LogP contribution in [0.1, 0.15) is 19.4 Å². The van der Waals surface area contributed by atoms with Gasteiger partial charge in [0.1, 0.15) is 0 Å². The predicted octanol–water partition coefficient (Wildman–Crippen LogP) is 4.60. The first-order chi connectivity index (χ1) is 12.3. The number of hydrogen-bond acceptors (Lipinski definition) is 3. The molecule has 2 N–H and O–H groups in total. The van der Waals surface area contributed by atoms with E-state index in [-0.39, 0.29) is 12.2 Å². The highest BCUT2D eigenvalue weighted by molar-refractivity contribution is 5.94. The van der Waals surface area contributed by atoms with Gasteiger partial charge in [0.25, 0.3) is 0 Å². The van der Waals surface area contributed by atoms with Crippen LogP contribution in [0.25, 0.3) is 0 Å². The van der Waals surface area contributed by atoms with Crippen molar-refractivity contribution in [2.75, 3.05) is 35.2 Å². The fourth-order valence-electron chi connectivity index (χ4n) is 2.61. The average Bonchev–Trinajstić information content (AvgIpc) is 2.62. The molecule has 2 rings (SSSR count). The quantitative estimate of drug-likeness (QED) is 0.754. The molecule has 1 amide bonds. The van der Waals surface area contributed by atoms with Gasteiger partial charge in [-0.1, -0.05) is 12.1 Å². The van der Waals surface area contributed by atoms with Gasteiger partial charge in [-0.3, -0.25) is 4.79 Å². The van der Waals surface area contributed by atoms with Crippen LogP contribution >= 0.6 is 0 Å². The molecule has 0 heterocycles. The maximum absolute atomic E-state index is 12.9. The van der Waals surface area contributed by atoms with Crippen LogP contribution < -0.4 is 15.5 Å². The topological polar surface area (TPSA) is 44.4 Å². The summed E-state index contributed by atoms with van der Waals surface area (Å²) in [4.78, 5) is 14.2. The Morgan fingerprint density at radius 3 is 2.19 bits per heavy atom. The summed E-state index contributed by atoms with van der Waals surface area (Å²) in [7, 11) is 0. The number of halogens is 3. The number of carbonyl (C=O) groups is 1.